The van der Waals surface area contributed by atoms with Crippen molar-refractivity contribution in [3.05, 3.63) is 0 Å². The van der Waals surface area contributed by atoms with Crippen molar-refractivity contribution in [2.75, 3.05) is 19.6 Å². The van der Waals surface area contributed by atoms with E-state index in [0.29, 0.717) is 6.42 Å². The average Bonchev–Trinajstić information content (AvgIpc) is 2.49. The first-order valence-corrected chi connectivity index (χ1v) is 4.64. The fourth-order valence-corrected chi connectivity index (χ4v) is 1.46. The summed E-state index contributed by atoms with van der Waals surface area (Å²) in [5.74, 6) is 0.156. The lowest BCUT2D eigenvalue weighted by atomic mass is 9.90. The van der Waals surface area contributed by atoms with E-state index in [1.54, 1.807) is 0 Å². The number of rotatable bonds is 3. The second-order valence-electron chi connectivity index (χ2n) is 3.87. The normalized spacial score (nSPS) is 28.8. The molecule has 1 amide bonds. The van der Waals surface area contributed by atoms with E-state index in [0.717, 1.165) is 26.1 Å². The fraction of sp³-hybridized carbons (Fsp3) is 0.889. The molecule has 0 aliphatic carbocycles. The zero-order chi connectivity index (χ0) is 9.03. The van der Waals surface area contributed by atoms with Gasteiger partial charge in [-0.05, 0) is 18.4 Å². The Bertz CT molecular complexity index is 162. The van der Waals surface area contributed by atoms with Gasteiger partial charge in [0.2, 0.25) is 5.91 Å². The predicted molar refractivity (Wildman–Crippen MR) is 48.9 cm³/mol. The van der Waals surface area contributed by atoms with E-state index in [1.807, 2.05) is 6.92 Å². The number of carbonyl (C=O) groups is 1. The Kier molecular flexibility index (Phi) is 3.09. The molecular formula is C9H18N2O. The summed E-state index contributed by atoms with van der Waals surface area (Å²) in [6, 6.07) is 0. The molecule has 0 saturated carbocycles. The first-order valence-electron chi connectivity index (χ1n) is 4.64. The molecule has 70 valence electrons. The molecule has 0 aromatic heterocycles. The zero-order valence-electron chi connectivity index (χ0n) is 7.94. The Morgan fingerprint density at radius 2 is 2.42 bits per heavy atom. The van der Waals surface area contributed by atoms with Crippen molar-refractivity contribution in [2.24, 2.45) is 5.41 Å². The smallest absolute Gasteiger partial charge is 0.219 e. The van der Waals surface area contributed by atoms with E-state index in [-0.39, 0.29) is 11.3 Å². The van der Waals surface area contributed by atoms with Crippen molar-refractivity contribution >= 4 is 5.91 Å². The van der Waals surface area contributed by atoms with Crippen molar-refractivity contribution in [3.63, 3.8) is 0 Å². The highest BCUT2D eigenvalue weighted by Crippen LogP contribution is 2.22. The molecule has 1 aliphatic rings. The molecule has 0 spiro atoms. The van der Waals surface area contributed by atoms with Gasteiger partial charge in [0.15, 0.2) is 0 Å². The molecule has 0 aromatic rings. The molecule has 1 rings (SSSR count). The average molecular weight is 170 g/mol. The second-order valence-corrected chi connectivity index (χ2v) is 3.87. The Morgan fingerprint density at radius 3 is 2.92 bits per heavy atom. The third kappa shape index (κ3) is 2.48. The first-order chi connectivity index (χ1) is 5.66. The van der Waals surface area contributed by atoms with E-state index in [4.69, 9.17) is 0 Å². The van der Waals surface area contributed by atoms with Crippen LogP contribution < -0.4 is 10.6 Å². The van der Waals surface area contributed by atoms with Crippen LogP contribution in [-0.2, 0) is 4.79 Å². The lowest BCUT2D eigenvalue weighted by molar-refractivity contribution is -0.121. The molecule has 1 fully saturated rings. The maximum atomic E-state index is 11.0. The molecule has 1 saturated heterocycles. The number of hydrogen-bond acceptors (Lipinski definition) is 2. The third-order valence-electron chi connectivity index (χ3n) is 2.49. The van der Waals surface area contributed by atoms with Gasteiger partial charge in [0, 0.05) is 19.5 Å². The van der Waals surface area contributed by atoms with E-state index in [9.17, 15) is 4.79 Å². The van der Waals surface area contributed by atoms with Gasteiger partial charge in [-0.25, -0.2) is 0 Å². The summed E-state index contributed by atoms with van der Waals surface area (Å²) in [5, 5.41) is 6.24. The summed E-state index contributed by atoms with van der Waals surface area (Å²) < 4.78 is 0. The summed E-state index contributed by atoms with van der Waals surface area (Å²) in [7, 11) is 0. The van der Waals surface area contributed by atoms with Crippen molar-refractivity contribution < 1.29 is 4.79 Å². The van der Waals surface area contributed by atoms with Gasteiger partial charge in [-0.2, -0.15) is 0 Å². The van der Waals surface area contributed by atoms with Crippen LogP contribution in [0.5, 0.6) is 0 Å². The van der Waals surface area contributed by atoms with Gasteiger partial charge in [-0.15, -0.1) is 0 Å². The summed E-state index contributed by atoms with van der Waals surface area (Å²) in [6.45, 7) is 7.01. The Morgan fingerprint density at radius 1 is 1.67 bits per heavy atom. The SMILES string of the molecule is CCC(=O)NC[C@@]1(C)CCNC1. The standard InChI is InChI=1S/C9H18N2O/c1-3-8(12)11-7-9(2)4-5-10-6-9/h10H,3-7H2,1-2H3,(H,11,12)/t9-/m0/s1. The van der Waals surface area contributed by atoms with Gasteiger partial charge in [0.1, 0.15) is 0 Å². The minimum atomic E-state index is 0.156. The molecule has 1 aliphatic heterocycles. The molecule has 3 nitrogen and oxygen atoms in total. The highest BCUT2D eigenvalue weighted by molar-refractivity contribution is 5.75. The highest BCUT2D eigenvalue weighted by atomic mass is 16.1. The van der Waals surface area contributed by atoms with Crippen LogP contribution in [0.25, 0.3) is 0 Å². The first kappa shape index (κ1) is 9.52. The number of hydrogen-bond donors (Lipinski definition) is 2. The molecule has 1 atom stereocenters. The molecule has 0 radical (unpaired) electrons. The Labute approximate surface area is 73.9 Å². The molecule has 1 heterocycles. The van der Waals surface area contributed by atoms with Crippen LogP contribution >= 0.6 is 0 Å². The van der Waals surface area contributed by atoms with Crippen LogP contribution in [-0.4, -0.2) is 25.5 Å². The summed E-state index contributed by atoms with van der Waals surface area (Å²) in [6.07, 6.45) is 1.75. The van der Waals surface area contributed by atoms with Crippen LogP contribution in [0, 0.1) is 5.41 Å². The number of carbonyl (C=O) groups excluding carboxylic acids is 1. The van der Waals surface area contributed by atoms with Gasteiger partial charge in [-0.1, -0.05) is 13.8 Å². The largest absolute Gasteiger partial charge is 0.356 e. The molecule has 12 heavy (non-hydrogen) atoms. The quantitative estimate of drug-likeness (QED) is 0.648. The summed E-state index contributed by atoms with van der Waals surface area (Å²) in [4.78, 5) is 11.0. The molecular weight excluding hydrogens is 152 g/mol. The molecule has 0 bridgehead atoms. The lowest BCUT2D eigenvalue weighted by Gasteiger charge is -2.22. The topological polar surface area (TPSA) is 41.1 Å². The number of amides is 1. The number of nitrogens with one attached hydrogen (secondary N) is 2. The van der Waals surface area contributed by atoms with Crippen LogP contribution in [0.3, 0.4) is 0 Å². The molecule has 2 N–H and O–H groups in total. The molecule has 0 aromatic carbocycles. The highest BCUT2D eigenvalue weighted by Gasteiger charge is 2.28. The maximum absolute atomic E-state index is 11.0. The van der Waals surface area contributed by atoms with Crippen molar-refractivity contribution in [1.29, 1.82) is 0 Å². The lowest BCUT2D eigenvalue weighted by Crippen LogP contribution is -2.36. The zero-order valence-corrected chi connectivity index (χ0v) is 7.94. The van der Waals surface area contributed by atoms with Crippen molar-refractivity contribution in [1.82, 2.24) is 10.6 Å². The summed E-state index contributed by atoms with van der Waals surface area (Å²) in [5.41, 5.74) is 0.283. The van der Waals surface area contributed by atoms with Gasteiger partial charge in [-0.3, -0.25) is 4.79 Å². The van der Waals surface area contributed by atoms with Gasteiger partial charge in [0.25, 0.3) is 0 Å². The van der Waals surface area contributed by atoms with Crippen LogP contribution in [0.2, 0.25) is 0 Å². The monoisotopic (exact) mass is 170 g/mol. The van der Waals surface area contributed by atoms with Crippen molar-refractivity contribution in [2.45, 2.75) is 26.7 Å². The Balaban J connectivity index is 2.25. The predicted octanol–water partition coefficient (Wildman–Crippen LogP) is 0.512. The van der Waals surface area contributed by atoms with E-state index < -0.39 is 0 Å². The maximum Gasteiger partial charge on any atom is 0.219 e. The van der Waals surface area contributed by atoms with Gasteiger partial charge < -0.3 is 10.6 Å². The van der Waals surface area contributed by atoms with Gasteiger partial charge >= 0.3 is 0 Å². The van der Waals surface area contributed by atoms with Crippen LogP contribution in [0.4, 0.5) is 0 Å². The second kappa shape index (κ2) is 3.90. The molecule has 3 heteroatoms. The fourth-order valence-electron chi connectivity index (χ4n) is 1.46. The van der Waals surface area contributed by atoms with E-state index in [2.05, 4.69) is 17.6 Å². The van der Waals surface area contributed by atoms with Gasteiger partial charge in [0.05, 0.1) is 0 Å². The molecule has 0 unspecified atom stereocenters. The minimum absolute atomic E-state index is 0.156. The minimum Gasteiger partial charge on any atom is -0.356 e. The Hall–Kier alpha value is -0.570. The summed E-state index contributed by atoms with van der Waals surface area (Å²) >= 11 is 0. The van der Waals surface area contributed by atoms with Crippen LogP contribution in [0.15, 0.2) is 0 Å². The van der Waals surface area contributed by atoms with Crippen molar-refractivity contribution in [3.8, 4) is 0 Å². The van der Waals surface area contributed by atoms with E-state index >= 15 is 0 Å². The van der Waals surface area contributed by atoms with E-state index in [1.165, 1.54) is 0 Å². The van der Waals surface area contributed by atoms with Crippen LogP contribution in [0.1, 0.15) is 26.7 Å². The third-order valence-corrected chi connectivity index (χ3v) is 2.49.